The molecule has 150 valence electrons. The van der Waals surface area contributed by atoms with Crippen molar-refractivity contribution in [2.24, 2.45) is 5.10 Å². The maximum atomic E-state index is 14.1. The number of hydrazone groups is 1. The summed E-state index contributed by atoms with van der Waals surface area (Å²) in [4.78, 5) is 12.0. The monoisotopic (exact) mass is 429 g/mol. The quantitative estimate of drug-likeness (QED) is 0.410. The fourth-order valence-corrected chi connectivity index (χ4v) is 4.10. The number of hydrogen-bond donors (Lipinski definition) is 1. The number of halogens is 2. The SMILES string of the molecule is Cc1cc(/C=N\NC(=O)CSCc2ccccc2Cl)c(C)n1-c1ccccc1F. The largest absolute Gasteiger partial charge is 0.315 e. The van der Waals surface area contributed by atoms with E-state index in [1.807, 2.05) is 48.7 Å². The summed E-state index contributed by atoms with van der Waals surface area (Å²) < 4.78 is 16.0. The van der Waals surface area contributed by atoms with Crippen molar-refractivity contribution in [3.8, 4) is 5.69 Å². The van der Waals surface area contributed by atoms with Crippen LogP contribution in [-0.4, -0.2) is 22.4 Å². The van der Waals surface area contributed by atoms with Crippen molar-refractivity contribution >= 4 is 35.5 Å². The van der Waals surface area contributed by atoms with Crippen molar-refractivity contribution in [3.63, 3.8) is 0 Å². The van der Waals surface area contributed by atoms with Gasteiger partial charge in [-0.25, -0.2) is 9.82 Å². The van der Waals surface area contributed by atoms with Gasteiger partial charge in [0.05, 0.1) is 17.7 Å². The first kappa shape index (κ1) is 21.1. The first-order valence-corrected chi connectivity index (χ1v) is 10.6. The summed E-state index contributed by atoms with van der Waals surface area (Å²) in [5.74, 6) is 0.445. The summed E-state index contributed by atoms with van der Waals surface area (Å²) >= 11 is 7.58. The van der Waals surface area contributed by atoms with Gasteiger partial charge in [-0.1, -0.05) is 41.9 Å². The van der Waals surface area contributed by atoms with E-state index in [9.17, 15) is 9.18 Å². The number of para-hydroxylation sites is 1. The van der Waals surface area contributed by atoms with Crippen LogP contribution in [0.5, 0.6) is 0 Å². The maximum absolute atomic E-state index is 14.1. The minimum atomic E-state index is -0.290. The standard InChI is InChI=1S/C22H21ClFN3OS/c1-15-11-18(16(2)27(15)21-10-6-5-9-20(21)24)12-25-26-22(28)14-29-13-17-7-3-4-8-19(17)23/h3-12H,13-14H2,1-2H3,(H,26,28)/b25-12-. The molecule has 0 bridgehead atoms. The summed E-state index contributed by atoms with van der Waals surface area (Å²) in [5, 5.41) is 4.74. The molecule has 1 aromatic heterocycles. The van der Waals surface area contributed by atoms with Gasteiger partial charge in [0, 0.05) is 27.7 Å². The fraction of sp³-hybridized carbons (Fsp3) is 0.182. The van der Waals surface area contributed by atoms with Crippen LogP contribution >= 0.6 is 23.4 Å². The van der Waals surface area contributed by atoms with Gasteiger partial charge in [0.2, 0.25) is 5.91 Å². The van der Waals surface area contributed by atoms with Crippen LogP contribution in [0.1, 0.15) is 22.5 Å². The van der Waals surface area contributed by atoms with Gasteiger partial charge in [0.15, 0.2) is 0 Å². The van der Waals surface area contributed by atoms with Crippen LogP contribution in [0.15, 0.2) is 59.7 Å². The third-order valence-electron chi connectivity index (χ3n) is 4.41. The van der Waals surface area contributed by atoms with E-state index in [4.69, 9.17) is 11.6 Å². The second-order valence-electron chi connectivity index (χ2n) is 6.49. The maximum Gasteiger partial charge on any atom is 0.250 e. The number of amides is 1. The number of hydrogen-bond acceptors (Lipinski definition) is 3. The molecule has 3 aromatic rings. The van der Waals surface area contributed by atoms with Crippen LogP contribution in [0.25, 0.3) is 5.69 Å². The highest BCUT2D eigenvalue weighted by Crippen LogP contribution is 2.22. The molecule has 2 aromatic carbocycles. The number of carbonyl (C=O) groups is 1. The van der Waals surface area contributed by atoms with Gasteiger partial charge in [-0.2, -0.15) is 5.10 Å². The van der Waals surface area contributed by atoms with Crippen molar-refractivity contribution in [2.75, 3.05) is 5.75 Å². The van der Waals surface area contributed by atoms with Crippen molar-refractivity contribution in [3.05, 3.63) is 88.0 Å². The summed E-state index contributed by atoms with van der Waals surface area (Å²) in [6, 6.07) is 16.1. The normalized spacial score (nSPS) is 11.2. The highest BCUT2D eigenvalue weighted by molar-refractivity contribution is 7.99. The zero-order chi connectivity index (χ0) is 20.8. The minimum Gasteiger partial charge on any atom is -0.315 e. The molecule has 0 aliphatic heterocycles. The Labute approximate surface area is 178 Å². The molecule has 1 heterocycles. The highest BCUT2D eigenvalue weighted by atomic mass is 35.5. The molecule has 0 saturated heterocycles. The zero-order valence-corrected chi connectivity index (χ0v) is 17.7. The average Bonchev–Trinajstić information content (AvgIpc) is 2.97. The number of aryl methyl sites for hydroxylation is 1. The van der Waals surface area contributed by atoms with Crippen LogP contribution in [0.3, 0.4) is 0 Å². The predicted molar refractivity (Wildman–Crippen MR) is 119 cm³/mol. The number of carbonyl (C=O) groups excluding carboxylic acids is 1. The summed E-state index contributed by atoms with van der Waals surface area (Å²) in [7, 11) is 0. The lowest BCUT2D eigenvalue weighted by Crippen LogP contribution is -2.19. The van der Waals surface area contributed by atoms with Gasteiger partial charge in [0.25, 0.3) is 0 Å². The lowest BCUT2D eigenvalue weighted by Gasteiger charge is -2.10. The number of rotatable bonds is 7. The van der Waals surface area contributed by atoms with Gasteiger partial charge in [-0.05, 0) is 43.7 Å². The molecular formula is C22H21ClFN3OS. The van der Waals surface area contributed by atoms with Gasteiger partial charge < -0.3 is 4.57 Å². The average molecular weight is 430 g/mol. The third kappa shape index (κ3) is 5.28. The Balaban J connectivity index is 1.58. The van der Waals surface area contributed by atoms with Gasteiger partial charge in [0.1, 0.15) is 5.82 Å². The molecule has 3 rings (SSSR count). The summed E-state index contributed by atoms with van der Waals surface area (Å²) in [5.41, 5.74) is 6.56. The van der Waals surface area contributed by atoms with Crippen LogP contribution in [0.4, 0.5) is 4.39 Å². The lowest BCUT2D eigenvalue weighted by atomic mass is 10.2. The molecule has 4 nitrogen and oxygen atoms in total. The third-order valence-corrected chi connectivity index (χ3v) is 5.76. The Kier molecular flexibility index (Phi) is 7.12. The van der Waals surface area contributed by atoms with E-state index in [2.05, 4.69) is 10.5 Å². The molecule has 7 heteroatoms. The van der Waals surface area contributed by atoms with Gasteiger partial charge in [-0.15, -0.1) is 11.8 Å². The first-order chi connectivity index (χ1) is 14.0. The molecule has 1 amide bonds. The van der Waals surface area contributed by atoms with Crippen molar-refractivity contribution < 1.29 is 9.18 Å². The molecule has 0 saturated carbocycles. The second-order valence-corrected chi connectivity index (χ2v) is 7.88. The van der Waals surface area contributed by atoms with Gasteiger partial charge >= 0.3 is 0 Å². The molecular weight excluding hydrogens is 409 g/mol. The van der Waals surface area contributed by atoms with Crippen molar-refractivity contribution in [1.29, 1.82) is 0 Å². The second kappa shape index (κ2) is 9.76. The number of nitrogens with zero attached hydrogens (tertiary/aromatic N) is 2. The van der Waals surface area contributed by atoms with E-state index in [-0.39, 0.29) is 17.5 Å². The lowest BCUT2D eigenvalue weighted by molar-refractivity contribution is -0.118. The molecule has 0 aliphatic carbocycles. The van der Waals surface area contributed by atoms with Crippen molar-refractivity contribution in [2.45, 2.75) is 19.6 Å². The Hall–Kier alpha value is -2.57. The number of thioether (sulfide) groups is 1. The van der Waals surface area contributed by atoms with Crippen LogP contribution in [0.2, 0.25) is 5.02 Å². The Morgan fingerprint density at radius 3 is 2.69 bits per heavy atom. The predicted octanol–water partition coefficient (Wildman–Crippen LogP) is 5.27. The minimum absolute atomic E-state index is 0.193. The van der Waals surface area contributed by atoms with E-state index in [1.165, 1.54) is 17.8 Å². The summed E-state index contributed by atoms with van der Waals surface area (Å²) in [6.45, 7) is 3.79. The number of nitrogens with one attached hydrogen (secondary N) is 1. The molecule has 0 radical (unpaired) electrons. The first-order valence-electron chi connectivity index (χ1n) is 9.04. The molecule has 1 N–H and O–H groups in total. The molecule has 0 fully saturated rings. The Morgan fingerprint density at radius 2 is 1.93 bits per heavy atom. The summed E-state index contributed by atoms with van der Waals surface area (Å²) in [6.07, 6.45) is 1.58. The Bertz CT molecular complexity index is 1050. The number of benzene rings is 2. The van der Waals surface area contributed by atoms with Crippen LogP contribution < -0.4 is 5.43 Å². The van der Waals surface area contributed by atoms with E-state index < -0.39 is 0 Å². The molecule has 0 unspecified atom stereocenters. The van der Waals surface area contributed by atoms with E-state index in [0.717, 1.165) is 22.5 Å². The smallest absolute Gasteiger partial charge is 0.250 e. The zero-order valence-electron chi connectivity index (χ0n) is 16.2. The van der Waals surface area contributed by atoms with Crippen molar-refractivity contribution in [1.82, 2.24) is 9.99 Å². The van der Waals surface area contributed by atoms with Crippen LogP contribution in [0, 0.1) is 19.7 Å². The number of aromatic nitrogens is 1. The molecule has 0 atom stereocenters. The van der Waals surface area contributed by atoms with E-state index >= 15 is 0 Å². The molecule has 29 heavy (non-hydrogen) atoms. The van der Waals surface area contributed by atoms with E-state index in [1.54, 1.807) is 24.4 Å². The van der Waals surface area contributed by atoms with Gasteiger partial charge in [-0.3, -0.25) is 4.79 Å². The highest BCUT2D eigenvalue weighted by Gasteiger charge is 2.12. The topological polar surface area (TPSA) is 46.4 Å². The van der Waals surface area contributed by atoms with E-state index in [0.29, 0.717) is 16.5 Å². The Morgan fingerprint density at radius 1 is 1.21 bits per heavy atom. The molecule has 0 aliphatic rings. The van der Waals surface area contributed by atoms with Crippen LogP contribution in [-0.2, 0) is 10.5 Å². The fourth-order valence-electron chi connectivity index (χ4n) is 3.00. The molecule has 0 spiro atoms.